The van der Waals surface area contributed by atoms with Crippen LogP contribution in [0.4, 0.5) is 4.39 Å². The summed E-state index contributed by atoms with van der Waals surface area (Å²) in [6.45, 7) is 5.57. The van der Waals surface area contributed by atoms with Gasteiger partial charge in [0.1, 0.15) is 5.82 Å². The Morgan fingerprint density at radius 3 is 2.69 bits per heavy atom. The predicted molar refractivity (Wildman–Crippen MR) is 62.2 cm³/mol. The Balaban J connectivity index is 3.30. The van der Waals surface area contributed by atoms with E-state index in [4.69, 9.17) is 5.21 Å². The first kappa shape index (κ1) is 12.3. The van der Waals surface area contributed by atoms with Crippen LogP contribution < -0.4 is 0 Å². The van der Waals surface area contributed by atoms with E-state index in [1.54, 1.807) is 19.1 Å². The molecule has 0 aromatic heterocycles. The molecule has 0 atom stereocenters. The number of hydrogen-bond acceptors (Lipinski definition) is 2. The van der Waals surface area contributed by atoms with Crippen LogP contribution in [0, 0.1) is 30.5 Å². The van der Waals surface area contributed by atoms with Crippen LogP contribution in [-0.2, 0) is 0 Å². The second kappa shape index (κ2) is 5.32. The third kappa shape index (κ3) is 2.83. The summed E-state index contributed by atoms with van der Waals surface area (Å²) in [6.07, 6.45) is 1.08. The third-order valence-electron chi connectivity index (χ3n) is 2.06. The monoisotopic (exact) mass is 219 g/mol. The maximum atomic E-state index is 13.7. The Kier molecular flexibility index (Phi) is 4.07. The molecule has 0 bridgehead atoms. The van der Waals surface area contributed by atoms with Gasteiger partial charge in [0.25, 0.3) is 0 Å². The summed E-state index contributed by atoms with van der Waals surface area (Å²) in [6, 6.07) is 3.39. The van der Waals surface area contributed by atoms with Crippen molar-refractivity contribution < 1.29 is 9.60 Å². The number of benzene rings is 1. The van der Waals surface area contributed by atoms with E-state index in [1.165, 1.54) is 0 Å². The summed E-state index contributed by atoms with van der Waals surface area (Å²) in [4.78, 5) is 0. The number of aryl methyl sites for hydroxylation is 1. The highest BCUT2D eigenvalue weighted by Crippen LogP contribution is 2.15. The zero-order chi connectivity index (χ0) is 12.1. The van der Waals surface area contributed by atoms with Crippen molar-refractivity contribution in [3.05, 3.63) is 34.6 Å². The third-order valence-corrected chi connectivity index (χ3v) is 2.06. The van der Waals surface area contributed by atoms with Gasteiger partial charge >= 0.3 is 0 Å². The van der Waals surface area contributed by atoms with E-state index < -0.39 is 5.82 Å². The number of hydrogen-bond donors (Lipinski definition) is 1. The van der Waals surface area contributed by atoms with Gasteiger partial charge in [-0.15, -0.1) is 0 Å². The van der Waals surface area contributed by atoms with Gasteiger partial charge in [0.05, 0.1) is 6.21 Å². The molecule has 0 aliphatic rings. The molecule has 84 valence electrons. The van der Waals surface area contributed by atoms with Gasteiger partial charge in [-0.25, -0.2) is 4.39 Å². The molecule has 0 saturated heterocycles. The van der Waals surface area contributed by atoms with Gasteiger partial charge < -0.3 is 5.21 Å². The summed E-state index contributed by atoms with van der Waals surface area (Å²) in [5, 5.41) is 11.4. The average molecular weight is 219 g/mol. The molecule has 0 aliphatic carbocycles. The van der Waals surface area contributed by atoms with Crippen LogP contribution >= 0.6 is 0 Å². The summed E-state index contributed by atoms with van der Waals surface area (Å²) in [5.74, 6) is 5.64. The van der Waals surface area contributed by atoms with Crippen LogP contribution in [0.2, 0.25) is 0 Å². The van der Waals surface area contributed by atoms with Crippen LogP contribution in [0.3, 0.4) is 0 Å². The highest BCUT2D eigenvalue weighted by atomic mass is 19.1. The van der Waals surface area contributed by atoms with Crippen molar-refractivity contribution in [1.29, 1.82) is 0 Å². The second-order valence-electron chi connectivity index (χ2n) is 3.83. The summed E-state index contributed by atoms with van der Waals surface area (Å²) in [5.41, 5.74) is 1.27. The normalized spacial score (nSPS) is 10.6. The van der Waals surface area contributed by atoms with Crippen molar-refractivity contribution >= 4 is 6.21 Å². The zero-order valence-corrected chi connectivity index (χ0v) is 9.58. The van der Waals surface area contributed by atoms with Gasteiger partial charge in [-0.05, 0) is 18.6 Å². The van der Waals surface area contributed by atoms with Crippen molar-refractivity contribution in [1.82, 2.24) is 0 Å². The van der Waals surface area contributed by atoms with E-state index in [0.717, 1.165) is 6.21 Å². The van der Waals surface area contributed by atoms with Gasteiger partial charge in [-0.3, -0.25) is 0 Å². The first-order valence-electron chi connectivity index (χ1n) is 5.04. The van der Waals surface area contributed by atoms with Gasteiger partial charge in [-0.1, -0.05) is 36.9 Å². The number of oxime groups is 1. The lowest BCUT2D eigenvalue weighted by Gasteiger charge is -2.03. The molecule has 1 rings (SSSR count). The van der Waals surface area contributed by atoms with E-state index in [-0.39, 0.29) is 11.5 Å². The van der Waals surface area contributed by atoms with Crippen LogP contribution in [-0.4, -0.2) is 11.4 Å². The summed E-state index contributed by atoms with van der Waals surface area (Å²) < 4.78 is 13.7. The van der Waals surface area contributed by atoms with Crippen LogP contribution in [0.5, 0.6) is 0 Å². The molecule has 0 heterocycles. The van der Waals surface area contributed by atoms with Crippen LogP contribution in [0.25, 0.3) is 0 Å². The molecule has 1 aromatic carbocycles. The smallest absolute Gasteiger partial charge is 0.136 e. The predicted octanol–water partition coefficient (Wildman–Crippen LogP) is 2.95. The average Bonchev–Trinajstić information content (AvgIpc) is 2.24. The Bertz CT molecular complexity index is 467. The summed E-state index contributed by atoms with van der Waals surface area (Å²) >= 11 is 0. The van der Waals surface area contributed by atoms with E-state index in [0.29, 0.717) is 11.1 Å². The van der Waals surface area contributed by atoms with E-state index in [2.05, 4.69) is 17.0 Å². The second-order valence-corrected chi connectivity index (χ2v) is 3.83. The fourth-order valence-corrected chi connectivity index (χ4v) is 1.22. The Morgan fingerprint density at radius 2 is 2.12 bits per heavy atom. The molecule has 1 aromatic rings. The van der Waals surface area contributed by atoms with E-state index >= 15 is 0 Å². The van der Waals surface area contributed by atoms with Gasteiger partial charge in [0, 0.05) is 17.0 Å². The standard InChI is InChI=1S/C13H14FNO/c1-9(2)4-6-11-7-5-10(3)13(14)12(11)8-15-16/h5,7-9,16H,1-3H3/b15-8+. The summed E-state index contributed by atoms with van der Waals surface area (Å²) in [7, 11) is 0. The highest BCUT2D eigenvalue weighted by molar-refractivity contribution is 5.83. The topological polar surface area (TPSA) is 32.6 Å². The Hall–Kier alpha value is -1.82. The molecule has 0 spiro atoms. The van der Waals surface area contributed by atoms with Crippen molar-refractivity contribution in [2.45, 2.75) is 20.8 Å². The Labute approximate surface area is 94.8 Å². The highest BCUT2D eigenvalue weighted by Gasteiger charge is 2.07. The molecule has 0 fully saturated rings. The van der Waals surface area contributed by atoms with Crippen molar-refractivity contribution in [3.63, 3.8) is 0 Å². The van der Waals surface area contributed by atoms with Crippen molar-refractivity contribution in [2.24, 2.45) is 11.1 Å². The zero-order valence-electron chi connectivity index (χ0n) is 9.58. The molecule has 0 amide bonds. The molecule has 0 unspecified atom stereocenters. The molecule has 0 radical (unpaired) electrons. The molecule has 0 saturated carbocycles. The first-order chi connectivity index (χ1) is 7.56. The van der Waals surface area contributed by atoms with Gasteiger partial charge in [0.2, 0.25) is 0 Å². The lowest BCUT2D eigenvalue weighted by molar-refractivity contribution is 0.321. The molecular formula is C13H14FNO. The Morgan fingerprint density at radius 1 is 1.44 bits per heavy atom. The fraction of sp³-hybridized carbons (Fsp3) is 0.308. The largest absolute Gasteiger partial charge is 0.411 e. The lowest BCUT2D eigenvalue weighted by Crippen LogP contribution is -1.97. The molecule has 0 aliphatic heterocycles. The molecule has 3 heteroatoms. The maximum Gasteiger partial charge on any atom is 0.136 e. The maximum absolute atomic E-state index is 13.7. The number of rotatable bonds is 1. The number of halogens is 1. The molecule has 2 nitrogen and oxygen atoms in total. The van der Waals surface area contributed by atoms with E-state index in [1.807, 2.05) is 13.8 Å². The van der Waals surface area contributed by atoms with Crippen molar-refractivity contribution in [2.75, 3.05) is 0 Å². The SMILES string of the molecule is Cc1ccc(C#CC(C)C)c(/C=N/O)c1F. The van der Waals surface area contributed by atoms with Crippen LogP contribution in [0.15, 0.2) is 17.3 Å². The van der Waals surface area contributed by atoms with Gasteiger partial charge in [0.15, 0.2) is 0 Å². The first-order valence-corrected chi connectivity index (χ1v) is 5.04. The lowest BCUT2D eigenvalue weighted by atomic mass is 10.0. The molecule has 1 N–H and O–H groups in total. The minimum absolute atomic E-state index is 0.211. The quantitative estimate of drug-likeness (QED) is 0.335. The van der Waals surface area contributed by atoms with E-state index in [9.17, 15) is 4.39 Å². The fourth-order valence-electron chi connectivity index (χ4n) is 1.22. The van der Waals surface area contributed by atoms with Crippen molar-refractivity contribution in [3.8, 4) is 11.8 Å². The van der Waals surface area contributed by atoms with Gasteiger partial charge in [-0.2, -0.15) is 0 Å². The molecular weight excluding hydrogens is 205 g/mol. The minimum atomic E-state index is -0.395. The molecule has 16 heavy (non-hydrogen) atoms. The van der Waals surface area contributed by atoms with Crippen LogP contribution in [0.1, 0.15) is 30.5 Å². The number of nitrogens with zero attached hydrogens (tertiary/aromatic N) is 1. The minimum Gasteiger partial charge on any atom is -0.411 e.